The summed E-state index contributed by atoms with van der Waals surface area (Å²) < 4.78 is 0. The molecule has 2 aromatic rings. The second-order valence-corrected chi connectivity index (χ2v) is 8.70. The van der Waals surface area contributed by atoms with Crippen LogP contribution in [0.2, 0.25) is 0 Å². The lowest BCUT2D eigenvalue weighted by Crippen LogP contribution is -2.46. The van der Waals surface area contributed by atoms with Gasteiger partial charge in [-0.05, 0) is 51.4 Å². The Morgan fingerprint density at radius 3 is 2.73 bits per heavy atom. The van der Waals surface area contributed by atoms with Crippen molar-refractivity contribution in [1.29, 1.82) is 0 Å². The van der Waals surface area contributed by atoms with E-state index in [0.717, 1.165) is 11.7 Å². The quantitative estimate of drug-likeness (QED) is 0.704. The number of anilines is 1. The van der Waals surface area contributed by atoms with Crippen LogP contribution in [-0.4, -0.2) is 61.6 Å². The van der Waals surface area contributed by atoms with Gasteiger partial charge in [0.1, 0.15) is 0 Å². The number of piperidine rings is 1. The molecule has 5 heteroatoms. The van der Waals surface area contributed by atoms with E-state index in [9.17, 15) is 0 Å². The minimum atomic E-state index is 0.658. The average Bonchev–Trinajstić information content (AvgIpc) is 3.12. The highest BCUT2D eigenvalue weighted by atomic mass is 32.1. The molecular formula is C21H32N4S. The van der Waals surface area contributed by atoms with E-state index in [2.05, 4.69) is 71.2 Å². The highest BCUT2D eigenvalue weighted by molar-refractivity contribution is 7.15. The number of hydrogen-bond acceptors (Lipinski definition) is 5. The van der Waals surface area contributed by atoms with Gasteiger partial charge in [0.15, 0.2) is 5.13 Å². The predicted octanol–water partition coefficient (Wildman–Crippen LogP) is 3.74. The number of likely N-dealkylation sites (N-methyl/N-ethyl adjacent to an activating group) is 1. The van der Waals surface area contributed by atoms with Gasteiger partial charge < -0.3 is 9.80 Å². The molecule has 4 nitrogen and oxygen atoms in total. The van der Waals surface area contributed by atoms with Gasteiger partial charge in [0.05, 0.1) is 0 Å². The first-order chi connectivity index (χ1) is 12.6. The highest BCUT2D eigenvalue weighted by Gasteiger charge is 2.23. The van der Waals surface area contributed by atoms with Gasteiger partial charge in [0.25, 0.3) is 0 Å². The molecule has 0 aliphatic carbocycles. The van der Waals surface area contributed by atoms with Crippen LogP contribution >= 0.6 is 11.3 Å². The van der Waals surface area contributed by atoms with Crippen LogP contribution in [0.15, 0.2) is 36.5 Å². The van der Waals surface area contributed by atoms with Crippen molar-refractivity contribution in [3.8, 4) is 0 Å². The van der Waals surface area contributed by atoms with Crippen molar-refractivity contribution in [1.82, 2.24) is 14.8 Å². The maximum absolute atomic E-state index is 4.51. The fraction of sp³-hybridized carbons (Fsp3) is 0.571. The molecule has 142 valence electrons. The van der Waals surface area contributed by atoms with Gasteiger partial charge in [0, 0.05) is 44.3 Å². The fourth-order valence-corrected chi connectivity index (χ4v) is 4.59. The Bertz CT molecular complexity index is 655. The molecule has 0 radical (unpaired) electrons. The van der Waals surface area contributed by atoms with Crippen LogP contribution in [-0.2, 0) is 13.0 Å². The van der Waals surface area contributed by atoms with Crippen LogP contribution in [0.25, 0.3) is 0 Å². The van der Waals surface area contributed by atoms with Gasteiger partial charge in [0.2, 0.25) is 0 Å². The topological polar surface area (TPSA) is 22.6 Å². The molecular weight excluding hydrogens is 340 g/mol. The molecule has 1 saturated heterocycles. The van der Waals surface area contributed by atoms with Crippen LogP contribution in [0.5, 0.6) is 0 Å². The summed E-state index contributed by atoms with van der Waals surface area (Å²) in [6.45, 7) is 4.67. The number of nitrogens with zero attached hydrogens (tertiary/aromatic N) is 4. The molecule has 0 amide bonds. The minimum absolute atomic E-state index is 0.658. The van der Waals surface area contributed by atoms with E-state index < -0.39 is 0 Å². The summed E-state index contributed by atoms with van der Waals surface area (Å²) in [5, 5.41) is 1.10. The van der Waals surface area contributed by atoms with Crippen LogP contribution in [0, 0.1) is 0 Å². The zero-order valence-corrected chi connectivity index (χ0v) is 17.2. The Hall–Kier alpha value is -1.43. The SMILES string of the molecule is CN(C)c1ncc(CN(C)C2CCCN(CCCc3ccccc3)C2)s1. The van der Waals surface area contributed by atoms with Gasteiger partial charge >= 0.3 is 0 Å². The van der Waals surface area contributed by atoms with Crippen molar-refractivity contribution in [2.45, 2.75) is 38.3 Å². The molecule has 1 aliphatic rings. The molecule has 1 aromatic heterocycles. The smallest absolute Gasteiger partial charge is 0.185 e. The molecule has 26 heavy (non-hydrogen) atoms. The normalized spacial score (nSPS) is 18.4. The van der Waals surface area contributed by atoms with Gasteiger partial charge in [-0.2, -0.15) is 0 Å². The summed E-state index contributed by atoms with van der Waals surface area (Å²) >= 11 is 1.81. The number of thiazole rings is 1. The van der Waals surface area contributed by atoms with Gasteiger partial charge in [-0.1, -0.05) is 30.3 Å². The summed E-state index contributed by atoms with van der Waals surface area (Å²) in [7, 11) is 6.38. The summed E-state index contributed by atoms with van der Waals surface area (Å²) in [5.74, 6) is 0. The molecule has 3 rings (SSSR count). The predicted molar refractivity (Wildman–Crippen MR) is 112 cm³/mol. The monoisotopic (exact) mass is 372 g/mol. The molecule has 1 aromatic carbocycles. The van der Waals surface area contributed by atoms with Crippen molar-refractivity contribution < 1.29 is 0 Å². The summed E-state index contributed by atoms with van der Waals surface area (Å²) in [6, 6.07) is 11.5. The van der Waals surface area contributed by atoms with Crippen LogP contribution in [0.3, 0.4) is 0 Å². The lowest BCUT2D eigenvalue weighted by atomic mass is 10.0. The van der Waals surface area contributed by atoms with E-state index >= 15 is 0 Å². The highest BCUT2D eigenvalue weighted by Crippen LogP contribution is 2.23. The number of aromatic nitrogens is 1. The molecule has 0 bridgehead atoms. The third-order valence-corrected chi connectivity index (χ3v) is 6.37. The maximum Gasteiger partial charge on any atom is 0.185 e. The molecule has 2 heterocycles. The lowest BCUT2D eigenvalue weighted by molar-refractivity contribution is 0.111. The maximum atomic E-state index is 4.51. The fourth-order valence-electron chi connectivity index (χ4n) is 3.70. The Morgan fingerprint density at radius 1 is 1.19 bits per heavy atom. The zero-order chi connectivity index (χ0) is 18.4. The number of rotatable bonds is 8. The van der Waals surface area contributed by atoms with E-state index in [1.807, 2.05) is 6.20 Å². The van der Waals surface area contributed by atoms with Gasteiger partial charge in [-0.25, -0.2) is 4.98 Å². The third-order valence-electron chi connectivity index (χ3n) is 5.22. The Kier molecular flexibility index (Phi) is 7.06. The Balaban J connectivity index is 1.44. The van der Waals surface area contributed by atoms with Crippen molar-refractivity contribution in [2.24, 2.45) is 0 Å². The Morgan fingerprint density at radius 2 is 2.00 bits per heavy atom. The largest absolute Gasteiger partial charge is 0.354 e. The van der Waals surface area contributed by atoms with Crippen LogP contribution < -0.4 is 4.90 Å². The first-order valence-corrected chi connectivity index (χ1v) is 10.5. The van der Waals surface area contributed by atoms with Gasteiger partial charge in [-0.3, -0.25) is 4.90 Å². The number of hydrogen-bond donors (Lipinski definition) is 0. The first-order valence-electron chi connectivity index (χ1n) is 9.70. The standard InChI is InChI=1S/C21H32N4S/c1-23(2)21-22-15-20(26-21)17-24(3)19-12-8-14-25(16-19)13-7-11-18-9-5-4-6-10-18/h4-6,9-10,15,19H,7-8,11-14,16-17H2,1-3H3. The number of likely N-dealkylation sites (tertiary alicyclic amines) is 1. The molecule has 1 unspecified atom stereocenters. The van der Waals surface area contributed by atoms with Gasteiger partial charge in [-0.15, -0.1) is 11.3 Å². The van der Waals surface area contributed by atoms with E-state index in [4.69, 9.17) is 0 Å². The van der Waals surface area contributed by atoms with Crippen LogP contribution in [0.1, 0.15) is 29.7 Å². The number of benzene rings is 1. The van der Waals surface area contributed by atoms with Crippen molar-refractivity contribution in [3.05, 3.63) is 47.0 Å². The lowest BCUT2D eigenvalue weighted by Gasteiger charge is -2.37. The second-order valence-electron chi connectivity index (χ2n) is 7.60. The summed E-state index contributed by atoms with van der Waals surface area (Å²) in [5.41, 5.74) is 1.46. The molecule has 1 fully saturated rings. The summed E-state index contributed by atoms with van der Waals surface area (Å²) in [6.07, 6.45) is 7.10. The Labute approximate surface area is 162 Å². The number of aryl methyl sites for hydroxylation is 1. The van der Waals surface area contributed by atoms with E-state index in [0.29, 0.717) is 6.04 Å². The molecule has 1 aliphatic heterocycles. The van der Waals surface area contributed by atoms with E-state index in [-0.39, 0.29) is 0 Å². The van der Waals surface area contributed by atoms with Crippen molar-refractivity contribution >= 4 is 16.5 Å². The van der Waals surface area contributed by atoms with E-state index in [1.54, 1.807) is 11.3 Å². The molecule has 0 N–H and O–H groups in total. The van der Waals surface area contributed by atoms with E-state index in [1.165, 1.54) is 55.8 Å². The third kappa shape index (κ3) is 5.53. The molecule has 1 atom stereocenters. The first kappa shape index (κ1) is 19.3. The van der Waals surface area contributed by atoms with Crippen molar-refractivity contribution in [2.75, 3.05) is 45.7 Å². The molecule has 0 saturated carbocycles. The van der Waals surface area contributed by atoms with Crippen molar-refractivity contribution in [3.63, 3.8) is 0 Å². The van der Waals surface area contributed by atoms with Crippen LogP contribution in [0.4, 0.5) is 5.13 Å². The average molecular weight is 373 g/mol. The zero-order valence-electron chi connectivity index (χ0n) is 16.4. The molecule has 0 spiro atoms. The second kappa shape index (κ2) is 9.49. The summed E-state index contributed by atoms with van der Waals surface area (Å²) in [4.78, 5) is 13.1. The minimum Gasteiger partial charge on any atom is -0.354 e.